The third-order valence-electron chi connectivity index (χ3n) is 8.68. The second kappa shape index (κ2) is 15.8. The summed E-state index contributed by atoms with van der Waals surface area (Å²) in [6.07, 6.45) is 3.46. The van der Waals surface area contributed by atoms with E-state index in [-0.39, 0.29) is 30.7 Å². The normalized spacial score (nSPS) is 21.6. The molecule has 2 atom stereocenters. The van der Waals surface area contributed by atoms with Crippen LogP contribution < -0.4 is 4.74 Å². The molecule has 0 aromatic heterocycles. The molecule has 46 heavy (non-hydrogen) atoms. The van der Waals surface area contributed by atoms with Crippen molar-refractivity contribution in [2.75, 3.05) is 26.9 Å². The zero-order chi connectivity index (χ0) is 33.4. The van der Waals surface area contributed by atoms with E-state index in [9.17, 15) is 23.5 Å². The number of ether oxygens (including phenoxy) is 4. The van der Waals surface area contributed by atoms with Crippen molar-refractivity contribution in [3.63, 3.8) is 0 Å². The van der Waals surface area contributed by atoms with Crippen LogP contribution in [0.15, 0.2) is 36.4 Å². The number of carbonyl (C=O) groups is 2. The molecule has 1 saturated carbocycles. The van der Waals surface area contributed by atoms with Gasteiger partial charge in [0.2, 0.25) is 0 Å². The van der Waals surface area contributed by atoms with Crippen molar-refractivity contribution in [1.29, 1.82) is 0 Å². The number of unbranched alkanes of at least 4 members (excludes halogenated alkanes) is 1. The van der Waals surface area contributed by atoms with E-state index in [1.807, 2.05) is 52.0 Å². The lowest BCUT2D eigenvalue weighted by Gasteiger charge is -2.37. The average Bonchev–Trinajstić information content (AvgIpc) is 3.44. The molecule has 254 valence electrons. The van der Waals surface area contributed by atoms with E-state index in [1.165, 1.54) is 6.07 Å². The van der Waals surface area contributed by atoms with Gasteiger partial charge in [0.25, 0.3) is 0 Å². The van der Waals surface area contributed by atoms with Crippen LogP contribution in [0.25, 0.3) is 0 Å². The maximum Gasteiger partial charge on any atom is 0.410 e. The fourth-order valence-corrected chi connectivity index (χ4v) is 6.25. The molecule has 1 aliphatic carbocycles. The van der Waals surface area contributed by atoms with Gasteiger partial charge in [-0.3, -0.25) is 4.90 Å². The number of aromatic hydroxyl groups is 1. The lowest BCUT2D eigenvalue weighted by molar-refractivity contribution is -0.0256. The Kier molecular flexibility index (Phi) is 12.1. The minimum Gasteiger partial charge on any atom is -0.505 e. The van der Waals surface area contributed by atoms with Gasteiger partial charge in [0, 0.05) is 24.7 Å². The summed E-state index contributed by atoms with van der Waals surface area (Å²) in [5.41, 5.74) is 0.431. The predicted molar refractivity (Wildman–Crippen MR) is 169 cm³/mol. The first kappa shape index (κ1) is 35.3. The average molecular weight is 647 g/mol. The molecule has 2 aliphatic rings. The Morgan fingerprint density at radius 2 is 1.74 bits per heavy atom. The SMILES string of the molecule is CCCCOC(=O)N1CCC(N(Cc2ccc(OC)cc2)C(=O)OC(C)(C)C)C1COC1CCC(c2cc(F)cc(F)c2O)CC1. The molecule has 2 aromatic carbocycles. The van der Waals surface area contributed by atoms with Crippen LogP contribution >= 0.6 is 0 Å². The molecule has 0 bridgehead atoms. The Morgan fingerprint density at radius 3 is 2.37 bits per heavy atom. The minimum absolute atomic E-state index is 0.160. The summed E-state index contributed by atoms with van der Waals surface area (Å²) in [7, 11) is 1.59. The molecular formula is C35H48F2N2O7. The quantitative estimate of drug-likeness (QED) is 0.252. The highest BCUT2D eigenvalue weighted by atomic mass is 19.1. The van der Waals surface area contributed by atoms with Crippen LogP contribution in [0.3, 0.4) is 0 Å². The topological polar surface area (TPSA) is 97.8 Å². The molecule has 0 radical (unpaired) electrons. The predicted octanol–water partition coefficient (Wildman–Crippen LogP) is 7.54. The number of hydrogen-bond acceptors (Lipinski definition) is 7. The number of carbonyl (C=O) groups excluding carboxylic acids is 2. The summed E-state index contributed by atoms with van der Waals surface area (Å²) in [6, 6.07) is 8.46. The number of rotatable bonds is 11. The lowest BCUT2D eigenvalue weighted by atomic mass is 9.82. The largest absolute Gasteiger partial charge is 0.505 e. The summed E-state index contributed by atoms with van der Waals surface area (Å²) >= 11 is 0. The van der Waals surface area contributed by atoms with Gasteiger partial charge in [0.15, 0.2) is 11.6 Å². The molecule has 2 fully saturated rings. The molecular weight excluding hydrogens is 598 g/mol. The first-order chi connectivity index (χ1) is 21.9. The highest BCUT2D eigenvalue weighted by molar-refractivity contribution is 5.71. The Balaban J connectivity index is 1.52. The van der Waals surface area contributed by atoms with Crippen molar-refractivity contribution < 1.29 is 42.4 Å². The van der Waals surface area contributed by atoms with Gasteiger partial charge < -0.3 is 29.0 Å². The highest BCUT2D eigenvalue weighted by Crippen LogP contribution is 2.40. The first-order valence-corrected chi connectivity index (χ1v) is 16.3. The van der Waals surface area contributed by atoms with Gasteiger partial charge in [0.05, 0.1) is 38.5 Å². The van der Waals surface area contributed by atoms with Gasteiger partial charge in [-0.05, 0) is 89.0 Å². The summed E-state index contributed by atoms with van der Waals surface area (Å²) in [5.74, 6) is -1.67. The van der Waals surface area contributed by atoms with Crippen LogP contribution in [0.4, 0.5) is 18.4 Å². The Bertz CT molecular complexity index is 1310. The fourth-order valence-electron chi connectivity index (χ4n) is 6.25. The number of phenolic OH excluding ortho intramolecular Hbond substituents is 1. The zero-order valence-corrected chi connectivity index (χ0v) is 27.6. The molecule has 1 saturated heterocycles. The Labute approximate surface area is 270 Å². The third kappa shape index (κ3) is 9.24. The van der Waals surface area contributed by atoms with Crippen molar-refractivity contribution in [2.24, 2.45) is 0 Å². The molecule has 4 rings (SSSR count). The van der Waals surface area contributed by atoms with E-state index in [2.05, 4.69) is 0 Å². The van der Waals surface area contributed by atoms with E-state index >= 15 is 0 Å². The summed E-state index contributed by atoms with van der Waals surface area (Å²) < 4.78 is 51.0. The number of amides is 2. The molecule has 1 N–H and O–H groups in total. The van der Waals surface area contributed by atoms with Crippen molar-refractivity contribution in [3.8, 4) is 11.5 Å². The second-order valence-corrected chi connectivity index (χ2v) is 13.2. The number of phenols is 1. The van der Waals surface area contributed by atoms with E-state index < -0.39 is 47.3 Å². The maximum absolute atomic E-state index is 14.0. The van der Waals surface area contributed by atoms with Crippen molar-refractivity contribution in [3.05, 3.63) is 59.2 Å². The van der Waals surface area contributed by atoms with Crippen molar-refractivity contribution in [1.82, 2.24) is 9.80 Å². The fraction of sp³-hybridized carbons (Fsp3) is 0.600. The Morgan fingerprint density at radius 1 is 1.04 bits per heavy atom. The van der Waals surface area contributed by atoms with Crippen LogP contribution in [0.5, 0.6) is 11.5 Å². The van der Waals surface area contributed by atoms with Crippen LogP contribution in [0.2, 0.25) is 0 Å². The first-order valence-electron chi connectivity index (χ1n) is 16.3. The summed E-state index contributed by atoms with van der Waals surface area (Å²) in [6.45, 7) is 8.61. The molecule has 11 heteroatoms. The lowest BCUT2D eigenvalue weighted by Crippen LogP contribution is -2.52. The standard InChI is InChI=1S/C35H48F2N2O7/c1-6-7-18-44-33(41)38-17-16-30(39(34(42)46-35(2,3)4)21-23-8-12-26(43-5)13-9-23)31(38)22-45-27-14-10-24(11-15-27)28-19-25(36)20-29(37)32(28)40/h8-9,12-13,19-20,24,27,30-31,40H,6-7,10-11,14-18,21-22H2,1-5H3. The Hall–Kier alpha value is -3.60. The molecule has 0 spiro atoms. The molecule has 1 heterocycles. The highest BCUT2D eigenvalue weighted by Gasteiger charge is 2.44. The van der Waals surface area contributed by atoms with Crippen LogP contribution in [0, 0.1) is 11.6 Å². The van der Waals surface area contributed by atoms with Crippen molar-refractivity contribution in [2.45, 2.75) is 109 Å². The minimum atomic E-state index is -0.962. The smallest absolute Gasteiger partial charge is 0.410 e. The van der Waals surface area contributed by atoms with Gasteiger partial charge in [-0.15, -0.1) is 0 Å². The van der Waals surface area contributed by atoms with Gasteiger partial charge in [0.1, 0.15) is 17.2 Å². The number of nitrogens with zero attached hydrogens (tertiary/aromatic N) is 2. The summed E-state index contributed by atoms with van der Waals surface area (Å²) in [4.78, 5) is 30.3. The zero-order valence-electron chi connectivity index (χ0n) is 27.6. The van der Waals surface area contributed by atoms with Crippen molar-refractivity contribution >= 4 is 12.2 Å². The number of methoxy groups -OCH3 is 1. The van der Waals surface area contributed by atoms with Gasteiger partial charge in [-0.25, -0.2) is 18.4 Å². The van der Waals surface area contributed by atoms with Gasteiger partial charge >= 0.3 is 12.2 Å². The van der Waals surface area contributed by atoms with Crippen LogP contribution in [0.1, 0.15) is 89.7 Å². The maximum atomic E-state index is 14.0. The number of hydrogen-bond donors (Lipinski definition) is 1. The van der Waals surface area contributed by atoms with Gasteiger partial charge in [-0.2, -0.15) is 0 Å². The monoisotopic (exact) mass is 646 g/mol. The summed E-state index contributed by atoms with van der Waals surface area (Å²) in [5, 5.41) is 10.2. The van der Waals surface area contributed by atoms with Gasteiger partial charge in [-0.1, -0.05) is 25.5 Å². The van der Waals surface area contributed by atoms with Crippen LogP contribution in [-0.2, 0) is 20.8 Å². The molecule has 9 nitrogen and oxygen atoms in total. The molecule has 2 aromatic rings. The van der Waals surface area contributed by atoms with E-state index in [4.69, 9.17) is 18.9 Å². The third-order valence-corrected chi connectivity index (χ3v) is 8.68. The number of likely N-dealkylation sites (tertiary alicyclic amines) is 1. The molecule has 2 amide bonds. The van der Waals surface area contributed by atoms with E-state index in [1.54, 1.807) is 16.9 Å². The molecule has 1 aliphatic heterocycles. The second-order valence-electron chi connectivity index (χ2n) is 13.2. The number of benzene rings is 2. The van der Waals surface area contributed by atoms with E-state index in [0.29, 0.717) is 57.1 Å². The molecule has 2 unspecified atom stereocenters. The van der Waals surface area contributed by atoms with Crippen LogP contribution in [-0.4, -0.2) is 77.7 Å². The number of halogens is 2. The van der Waals surface area contributed by atoms with E-state index in [0.717, 1.165) is 18.4 Å².